The Balaban J connectivity index is 1.46. The number of amides is 2. The normalized spacial score (nSPS) is 24.0. The van der Waals surface area contributed by atoms with Gasteiger partial charge in [0.25, 0.3) is 5.56 Å². The predicted molar refractivity (Wildman–Crippen MR) is 121 cm³/mol. The summed E-state index contributed by atoms with van der Waals surface area (Å²) < 4.78 is 1.94. The van der Waals surface area contributed by atoms with E-state index in [1.807, 2.05) is 20.4 Å². The number of anilines is 1. The second-order valence-corrected chi connectivity index (χ2v) is 10.8. The zero-order valence-corrected chi connectivity index (χ0v) is 19.3. The van der Waals surface area contributed by atoms with Crippen molar-refractivity contribution in [3.8, 4) is 0 Å². The number of aromatic nitrogens is 1. The average molecular weight is 429 g/mol. The van der Waals surface area contributed by atoms with Gasteiger partial charge in [-0.25, -0.2) is 0 Å². The van der Waals surface area contributed by atoms with Gasteiger partial charge in [0, 0.05) is 63.7 Å². The van der Waals surface area contributed by atoms with Gasteiger partial charge in [0.2, 0.25) is 11.8 Å². The van der Waals surface area contributed by atoms with E-state index >= 15 is 0 Å². The molecule has 7 nitrogen and oxygen atoms in total. The highest BCUT2D eigenvalue weighted by Gasteiger charge is 2.37. The van der Waals surface area contributed by atoms with E-state index in [4.69, 9.17) is 0 Å². The molecule has 1 aromatic heterocycles. The lowest BCUT2D eigenvalue weighted by atomic mass is 9.82. The standard InChI is InChI=1S/C24H36N4O3/c1-16(29)26-9-7-19(8-10-26)25-20-5-6-21-18-11-17(14-28(21)23(20)31)13-27(15-18)22(30)12-24(2,3)4/h5-6,17-19,25H,7-15H2,1-4H3/t17-,18+/m0/s1. The minimum Gasteiger partial charge on any atom is -0.378 e. The largest absolute Gasteiger partial charge is 0.378 e. The summed E-state index contributed by atoms with van der Waals surface area (Å²) in [6, 6.07) is 4.21. The lowest BCUT2D eigenvalue weighted by molar-refractivity contribution is -0.136. The van der Waals surface area contributed by atoms with E-state index in [2.05, 4.69) is 32.2 Å². The summed E-state index contributed by atoms with van der Waals surface area (Å²) in [5.41, 5.74) is 1.76. The fourth-order valence-electron chi connectivity index (χ4n) is 5.38. The molecule has 0 saturated carbocycles. The Kier molecular flexibility index (Phi) is 5.88. The summed E-state index contributed by atoms with van der Waals surface area (Å²) in [4.78, 5) is 41.5. The molecule has 1 N–H and O–H groups in total. The number of hydrogen-bond acceptors (Lipinski definition) is 4. The van der Waals surface area contributed by atoms with E-state index in [9.17, 15) is 14.4 Å². The number of carbonyl (C=O) groups is 2. The first-order chi connectivity index (χ1) is 14.6. The van der Waals surface area contributed by atoms with Gasteiger partial charge < -0.3 is 19.7 Å². The van der Waals surface area contributed by atoms with Crippen LogP contribution in [-0.4, -0.2) is 58.4 Å². The third-order valence-corrected chi connectivity index (χ3v) is 6.94. The van der Waals surface area contributed by atoms with Crippen LogP contribution in [0.1, 0.15) is 65.0 Å². The molecule has 31 heavy (non-hydrogen) atoms. The van der Waals surface area contributed by atoms with Crippen LogP contribution >= 0.6 is 0 Å². The lowest BCUT2D eigenvalue weighted by Gasteiger charge is -2.43. The van der Waals surface area contributed by atoms with Gasteiger partial charge in [0.1, 0.15) is 5.69 Å². The molecule has 2 fully saturated rings. The quantitative estimate of drug-likeness (QED) is 0.803. The molecule has 3 aliphatic heterocycles. The Bertz CT molecular complexity index is 908. The molecule has 170 valence electrons. The molecular weight excluding hydrogens is 392 g/mol. The molecular formula is C24H36N4O3. The van der Waals surface area contributed by atoms with E-state index in [0.29, 0.717) is 31.1 Å². The van der Waals surface area contributed by atoms with Crippen molar-refractivity contribution in [1.82, 2.24) is 14.4 Å². The van der Waals surface area contributed by atoms with Crippen molar-refractivity contribution in [2.75, 3.05) is 31.5 Å². The summed E-state index contributed by atoms with van der Waals surface area (Å²) in [5, 5.41) is 3.44. The van der Waals surface area contributed by atoms with Crippen molar-refractivity contribution in [2.24, 2.45) is 11.3 Å². The van der Waals surface area contributed by atoms with Crippen LogP contribution in [0.3, 0.4) is 0 Å². The van der Waals surface area contributed by atoms with Crippen LogP contribution in [0.2, 0.25) is 0 Å². The molecule has 0 aromatic carbocycles. The zero-order valence-electron chi connectivity index (χ0n) is 19.3. The third-order valence-electron chi connectivity index (χ3n) is 6.94. The smallest absolute Gasteiger partial charge is 0.274 e. The van der Waals surface area contributed by atoms with Gasteiger partial charge in [0.15, 0.2) is 0 Å². The number of carbonyl (C=O) groups excluding carboxylic acids is 2. The topological polar surface area (TPSA) is 74.7 Å². The number of pyridine rings is 1. The number of hydrogen-bond donors (Lipinski definition) is 1. The van der Waals surface area contributed by atoms with Crippen LogP contribution in [0, 0.1) is 11.3 Å². The van der Waals surface area contributed by atoms with E-state index in [-0.39, 0.29) is 34.7 Å². The van der Waals surface area contributed by atoms with E-state index in [1.54, 1.807) is 6.92 Å². The van der Waals surface area contributed by atoms with Gasteiger partial charge in [-0.2, -0.15) is 0 Å². The first-order valence-corrected chi connectivity index (χ1v) is 11.6. The minimum absolute atomic E-state index is 0.0143. The number of likely N-dealkylation sites (tertiary alicyclic amines) is 2. The summed E-state index contributed by atoms with van der Waals surface area (Å²) in [6.07, 6.45) is 3.33. The molecule has 0 spiro atoms. The molecule has 0 radical (unpaired) electrons. The second kappa shape index (κ2) is 8.32. The fraction of sp³-hybridized carbons (Fsp3) is 0.708. The summed E-state index contributed by atoms with van der Waals surface area (Å²) >= 11 is 0. The maximum absolute atomic E-state index is 13.2. The molecule has 3 aliphatic rings. The summed E-state index contributed by atoms with van der Waals surface area (Å²) in [6.45, 7) is 11.5. The average Bonchev–Trinajstić information content (AvgIpc) is 2.69. The maximum atomic E-state index is 13.2. The molecule has 2 saturated heterocycles. The number of nitrogens with one attached hydrogen (secondary N) is 1. The second-order valence-electron chi connectivity index (χ2n) is 10.8. The maximum Gasteiger partial charge on any atom is 0.274 e. The Labute approximate surface area is 184 Å². The van der Waals surface area contributed by atoms with Crippen LogP contribution in [0.4, 0.5) is 5.69 Å². The van der Waals surface area contributed by atoms with Crippen LogP contribution in [0.15, 0.2) is 16.9 Å². The van der Waals surface area contributed by atoms with Crippen LogP contribution < -0.4 is 10.9 Å². The van der Waals surface area contributed by atoms with Crippen molar-refractivity contribution < 1.29 is 9.59 Å². The SMILES string of the molecule is CC(=O)N1CCC(Nc2ccc3n(c2=O)C[C@H]2C[C@@H]3CN(C(=O)CC(C)(C)C)C2)CC1. The van der Waals surface area contributed by atoms with Crippen molar-refractivity contribution in [2.45, 2.75) is 71.9 Å². The fourth-order valence-corrected chi connectivity index (χ4v) is 5.38. The van der Waals surface area contributed by atoms with Crippen molar-refractivity contribution in [1.29, 1.82) is 0 Å². The first-order valence-electron chi connectivity index (χ1n) is 11.6. The molecule has 4 rings (SSSR count). The monoisotopic (exact) mass is 428 g/mol. The van der Waals surface area contributed by atoms with Gasteiger partial charge in [-0.15, -0.1) is 0 Å². The highest BCUT2D eigenvalue weighted by Crippen LogP contribution is 2.36. The molecule has 0 unspecified atom stereocenters. The van der Waals surface area contributed by atoms with Gasteiger partial charge in [0.05, 0.1) is 0 Å². The molecule has 0 aliphatic carbocycles. The Morgan fingerprint density at radius 2 is 1.77 bits per heavy atom. The number of piperidine rings is 2. The molecule has 4 heterocycles. The van der Waals surface area contributed by atoms with Crippen LogP contribution in [-0.2, 0) is 16.1 Å². The number of fused-ring (bicyclic) bond motifs is 4. The Morgan fingerprint density at radius 1 is 1.06 bits per heavy atom. The van der Waals surface area contributed by atoms with Crippen molar-refractivity contribution >= 4 is 17.5 Å². The van der Waals surface area contributed by atoms with E-state index in [0.717, 1.165) is 44.6 Å². The van der Waals surface area contributed by atoms with E-state index < -0.39 is 0 Å². The third kappa shape index (κ3) is 4.80. The van der Waals surface area contributed by atoms with Gasteiger partial charge in [-0.3, -0.25) is 14.4 Å². The first kappa shape index (κ1) is 21.9. The van der Waals surface area contributed by atoms with Crippen molar-refractivity contribution in [3.05, 3.63) is 28.2 Å². The van der Waals surface area contributed by atoms with E-state index in [1.165, 1.54) is 0 Å². The van der Waals surface area contributed by atoms with Gasteiger partial charge in [-0.05, 0) is 42.7 Å². The van der Waals surface area contributed by atoms with Gasteiger partial charge in [-0.1, -0.05) is 20.8 Å². The summed E-state index contributed by atoms with van der Waals surface area (Å²) in [5.74, 6) is 0.918. The number of rotatable bonds is 3. The highest BCUT2D eigenvalue weighted by atomic mass is 16.2. The molecule has 2 bridgehead atoms. The van der Waals surface area contributed by atoms with Crippen LogP contribution in [0.25, 0.3) is 0 Å². The summed E-state index contributed by atoms with van der Waals surface area (Å²) in [7, 11) is 0. The van der Waals surface area contributed by atoms with Gasteiger partial charge >= 0.3 is 0 Å². The molecule has 7 heteroatoms. The molecule has 1 aromatic rings. The zero-order chi connectivity index (χ0) is 22.3. The molecule has 2 atom stereocenters. The van der Waals surface area contributed by atoms with Crippen LogP contribution in [0.5, 0.6) is 0 Å². The Hall–Kier alpha value is -2.31. The Morgan fingerprint density at radius 3 is 2.42 bits per heavy atom. The highest BCUT2D eigenvalue weighted by molar-refractivity contribution is 5.77. The van der Waals surface area contributed by atoms with Crippen molar-refractivity contribution in [3.63, 3.8) is 0 Å². The predicted octanol–water partition coefficient (Wildman–Crippen LogP) is 2.65. The minimum atomic E-state index is -0.0143. The lowest BCUT2D eigenvalue weighted by Crippen LogP contribution is -2.50. The number of nitrogens with zero attached hydrogens (tertiary/aromatic N) is 3. The molecule has 2 amide bonds.